The van der Waals surface area contributed by atoms with E-state index in [4.69, 9.17) is 27.5 Å². The van der Waals surface area contributed by atoms with Crippen molar-refractivity contribution in [3.63, 3.8) is 0 Å². The Hall–Kier alpha value is -4.39. The molecule has 28 heteroatoms. The van der Waals surface area contributed by atoms with E-state index in [1.54, 1.807) is 63.5 Å². The van der Waals surface area contributed by atoms with Gasteiger partial charge in [-0.25, -0.2) is 16.8 Å². The highest BCUT2D eigenvalue weighted by molar-refractivity contribution is 7.96. The van der Waals surface area contributed by atoms with E-state index >= 15 is 0 Å². The maximum atomic E-state index is 13.2. The number of aryl methyl sites for hydroxylation is 2. The number of aliphatic hydroxyl groups is 2. The number of terminal acetylenes is 2. The summed E-state index contributed by atoms with van der Waals surface area (Å²) in [6.45, 7) is 31.8. The largest absolute Gasteiger partial charge is 0.437 e. The second-order valence-electron chi connectivity index (χ2n) is 33.4. The van der Waals surface area contributed by atoms with Crippen molar-refractivity contribution >= 4 is 69.5 Å². The van der Waals surface area contributed by atoms with Gasteiger partial charge in [0, 0.05) is 106 Å². The molecule has 2 aliphatic carbocycles. The van der Waals surface area contributed by atoms with E-state index in [1.807, 2.05) is 93.1 Å². The van der Waals surface area contributed by atoms with Crippen molar-refractivity contribution in [2.45, 2.75) is 318 Å². The molecule has 8 aliphatic heterocycles. The second-order valence-corrected chi connectivity index (χ2v) is 41.9. The number of carbonyl (C=O) groups is 1. The predicted molar refractivity (Wildman–Crippen MR) is 460 cm³/mol. The summed E-state index contributed by atoms with van der Waals surface area (Å²) in [5.74, 6) is 3.88. The molecule has 618 valence electrons. The molecule has 0 spiro atoms. The smallest absolute Gasteiger partial charge is 0.413 e. The molecule has 9 heterocycles. The molecule has 5 saturated heterocycles. The van der Waals surface area contributed by atoms with Crippen molar-refractivity contribution in [1.29, 1.82) is 0 Å². The van der Waals surface area contributed by atoms with Gasteiger partial charge in [-0.05, 0) is 242 Å². The molecule has 4 atom stereocenters. The number of aldehydes is 1. The standard InChI is InChI=1S/C17H22BNO3S.C13H26BNO2Si.C10H20BNO.C10H18BNO.C10H14.C9H16BNO2.C9H8O2S.C3H8O2.2CH4O/c1-4-10-17-11-9-14(19(17)18(3)20)12-16(17)23(21,22)15-7-5-13(2)6-8-15;1-13(2,3)18(5,6)17-11-9-12-8-7-10-15(12)14(4)16;2*1-3-6-10-7-4-9(5-8-10)12(10)11(2)13;1-2-5-10-6-3-9(8-10)4-7-10;1-10(13)11-8-2-4-9(11,5-3-8)6-7-12;1-3-12(10,11)9-6-4-8(2)5-7-9;1-4-3-5-2;2*1-2/h5-9,11-12,14,20H,4,10H2,1-3H3;7-8,10,16H,9,11H2,1-6H3;9,13H,3-8H2,1-2H3;4,7,9,13H,3,5-6,8H2,1-2H3;1,9H,3-8H2;7-8,13H,2-6H2,1H3;1,4-7H,2H3;3H2,1-2H3;2*2H,1H3. The van der Waals surface area contributed by atoms with Crippen molar-refractivity contribution < 1.29 is 70.9 Å². The molecule has 20 nitrogen and oxygen atoms in total. The molecule has 1 aromatic heterocycles. The quantitative estimate of drug-likeness (QED) is 0.0116. The van der Waals surface area contributed by atoms with Crippen LogP contribution in [0.5, 0.6) is 0 Å². The van der Waals surface area contributed by atoms with Gasteiger partial charge in [-0.2, -0.15) is 0 Å². The van der Waals surface area contributed by atoms with Crippen LogP contribution in [0.3, 0.4) is 0 Å². The van der Waals surface area contributed by atoms with E-state index in [0.29, 0.717) is 58.5 Å². The van der Waals surface area contributed by atoms with E-state index < -0.39 is 54.7 Å². The number of fused-ring (bicyclic) bond motifs is 10. The normalized spacial score (nSPS) is 26.5. The molecule has 10 aliphatic rings. The third kappa shape index (κ3) is 24.8. The number of rotatable bonds is 23. The number of sulfone groups is 2. The first-order valence-electron chi connectivity index (χ1n) is 40.7. The first-order chi connectivity index (χ1) is 52.4. The molecule has 0 amide bonds. The highest BCUT2D eigenvalue weighted by Gasteiger charge is 2.57. The van der Waals surface area contributed by atoms with Crippen LogP contribution in [0.2, 0.25) is 52.2 Å². The molecule has 7 fully saturated rings. The Balaban J connectivity index is 0.000000272. The molecule has 111 heavy (non-hydrogen) atoms. The first kappa shape index (κ1) is 99.0. The Morgan fingerprint density at radius 3 is 1.52 bits per heavy atom. The zero-order valence-electron chi connectivity index (χ0n) is 71.1. The third-order valence-corrected chi connectivity index (χ3v) is 32.5. The van der Waals surface area contributed by atoms with Crippen LogP contribution in [0.4, 0.5) is 0 Å². The molecular weight excluding hydrogens is 1450 g/mol. The highest BCUT2D eigenvalue weighted by atomic mass is 32.2. The number of hydrogen-bond donors (Lipinski definition) is 7. The van der Waals surface area contributed by atoms with Gasteiger partial charge in [0.25, 0.3) is 0 Å². The number of methoxy groups -OCH3 is 2. The summed E-state index contributed by atoms with van der Waals surface area (Å²) in [6.07, 6.45) is 51.7. The number of ether oxygens (including phenoxy) is 2. The van der Waals surface area contributed by atoms with E-state index in [9.17, 15) is 46.8 Å². The number of carbonyl (C=O) groups excluding carboxylic acids is 1. The Labute approximate surface area is 674 Å². The number of aromatic nitrogens is 1. The van der Waals surface area contributed by atoms with Crippen LogP contribution in [0.1, 0.15) is 206 Å². The summed E-state index contributed by atoms with van der Waals surface area (Å²) in [4.78, 5) is 20.2. The first-order valence-corrected chi connectivity index (χ1v) is 46.6. The number of aliphatic hydroxyl groups excluding tert-OH is 2. The van der Waals surface area contributed by atoms with E-state index in [-0.39, 0.29) is 41.2 Å². The fourth-order valence-electron chi connectivity index (χ4n) is 19.0. The number of hydrogen-bond acceptors (Lipinski definition) is 19. The monoisotopic (exact) mass is 1590 g/mol. The molecule has 2 saturated carbocycles. The van der Waals surface area contributed by atoms with E-state index in [1.165, 1.54) is 108 Å². The number of benzene rings is 2. The minimum absolute atomic E-state index is 0.0145. The minimum atomic E-state index is -3.58. The zero-order chi connectivity index (χ0) is 83.6. The van der Waals surface area contributed by atoms with Crippen LogP contribution >= 0.6 is 0 Å². The lowest BCUT2D eigenvalue weighted by molar-refractivity contribution is -0.109. The summed E-state index contributed by atoms with van der Waals surface area (Å²) in [5.41, 5.74) is 3.66. The van der Waals surface area contributed by atoms with Crippen LogP contribution in [0.25, 0.3) is 0 Å². The molecule has 2 aromatic carbocycles. The maximum Gasteiger partial charge on any atom is 0.413 e. The lowest BCUT2D eigenvalue weighted by atomic mass is 9.77. The van der Waals surface area contributed by atoms with Gasteiger partial charge in [0.1, 0.15) is 13.1 Å². The van der Waals surface area contributed by atoms with Crippen LogP contribution in [-0.4, -0.2) is 214 Å². The minimum Gasteiger partial charge on any atom is -0.437 e. The number of nitrogens with zero attached hydrogens (tertiary/aromatic N) is 5. The third-order valence-electron chi connectivity index (χ3n) is 24.8. The van der Waals surface area contributed by atoms with Crippen molar-refractivity contribution in [1.82, 2.24) is 23.7 Å². The van der Waals surface area contributed by atoms with Gasteiger partial charge in [0.05, 0.1) is 20.2 Å². The second kappa shape index (κ2) is 44.8. The Kier molecular flexibility index (Phi) is 39.9. The van der Waals surface area contributed by atoms with Gasteiger partial charge in [0.15, 0.2) is 8.32 Å². The average molecular weight is 1590 g/mol. The van der Waals surface area contributed by atoms with Crippen molar-refractivity contribution in [2.24, 2.45) is 11.3 Å². The van der Waals surface area contributed by atoms with Crippen molar-refractivity contribution in [3.8, 4) is 24.0 Å². The van der Waals surface area contributed by atoms with Gasteiger partial charge < -0.3 is 72.9 Å². The fraction of sp³-hybridized carbons (Fsp3) is 0.675. The topological polar surface area (TPSA) is 273 Å². The van der Waals surface area contributed by atoms with E-state index in [2.05, 4.69) is 89.7 Å². The average Bonchev–Trinajstić information content (AvgIpc) is 1.55. The van der Waals surface area contributed by atoms with Gasteiger partial charge in [-0.15, -0.1) is 18.8 Å². The highest BCUT2D eigenvalue weighted by Crippen LogP contribution is 2.56. The fourth-order valence-corrected chi connectivity index (χ4v) is 22.5. The lowest BCUT2D eigenvalue weighted by Crippen LogP contribution is -2.52. The van der Waals surface area contributed by atoms with Gasteiger partial charge in [-0.1, -0.05) is 121 Å². The SMILES string of the molecule is C#CCC12CCC(CC1)C2.C#CS(=O)(=O)c1ccc(C)cc1.CB(O)N1C2CCC1(CC=O)CC2.CB(O)n1cccc1CCO[Si](C)(C)C(C)(C)C.CCCC12C=CC(C=C1S(=O)(=O)c1ccc(C)cc1)N2B(C)O.CCCC12C=CC(CC1)N2B(C)O.CCCC12CCC(CC1)N2B(C)O.CO.CO.COCOC. The predicted octanol–water partition coefficient (Wildman–Crippen LogP) is 13.2. The molecular formula is C83H140B5N5O15S2Si. The van der Waals surface area contributed by atoms with Crippen LogP contribution < -0.4 is 0 Å². The van der Waals surface area contributed by atoms with Crippen LogP contribution in [0.15, 0.2) is 112 Å². The maximum absolute atomic E-state index is 13.2. The summed E-state index contributed by atoms with van der Waals surface area (Å²) in [6, 6.07) is 19.0. The molecule has 4 unspecified atom stereocenters. The van der Waals surface area contributed by atoms with Crippen LogP contribution in [-0.2, 0) is 44.8 Å². The lowest BCUT2D eigenvalue weighted by Gasteiger charge is -2.37. The Morgan fingerprint density at radius 2 is 1.12 bits per heavy atom. The van der Waals surface area contributed by atoms with E-state index in [0.717, 1.165) is 94.8 Å². The molecule has 3 aromatic rings. The molecule has 7 N–H and O–H groups in total. The van der Waals surface area contributed by atoms with Crippen LogP contribution in [0, 0.1) is 49.2 Å². The molecule has 0 radical (unpaired) electrons. The Bertz CT molecular complexity index is 3680. The summed E-state index contributed by atoms with van der Waals surface area (Å²) in [7, 11) is -5.64. The van der Waals surface area contributed by atoms with Crippen molar-refractivity contribution in [2.75, 3.05) is 41.8 Å². The summed E-state index contributed by atoms with van der Waals surface area (Å²) < 4.78 is 65.5. The van der Waals surface area contributed by atoms with Gasteiger partial charge >= 0.3 is 35.3 Å². The molecule has 10 bridgehead atoms. The molecule has 13 rings (SSSR count). The van der Waals surface area contributed by atoms with Gasteiger partial charge in [0.2, 0.25) is 19.7 Å². The summed E-state index contributed by atoms with van der Waals surface area (Å²) >= 11 is 0. The van der Waals surface area contributed by atoms with Crippen molar-refractivity contribution in [3.05, 3.63) is 119 Å². The van der Waals surface area contributed by atoms with Gasteiger partial charge in [-0.3, -0.25) is 4.81 Å². The zero-order valence-corrected chi connectivity index (χ0v) is 73.7. The summed E-state index contributed by atoms with van der Waals surface area (Å²) in [5, 5.41) is 64.9. The Morgan fingerprint density at radius 1 is 0.622 bits per heavy atom.